The molecule has 0 spiro atoms. The molecule has 0 saturated heterocycles. The van der Waals surface area contributed by atoms with Crippen molar-refractivity contribution in [2.75, 3.05) is 24.3 Å². The summed E-state index contributed by atoms with van der Waals surface area (Å²) in [7, 11) is 1.35. The molecule has 0 saturated carbocycles. The van der Waals surface area contributed by atoms with Gasteiger partial charge in [0.1, 0.15) is 0 Å². The lowest BCUT2D eigenvalue weighted by atomic mass is 10.2. The van der Waals surface area contributed by atoms with Crippen molar-refractivity contribution < 1.29 is 14.3 Å². The smallest absolute Gasteiger partial charge is 0.337 e. The van der Waals surface area contributed by atoms with Crippen LogP contribution in [0.1, 0.15) is 16.8 Å². The largest absolute Gasteiger partial charge is 0.465 e. The first-order valence-electron chi connectivity index (χ1n) is 7.06. The molecule has 0 fully saturated rings. The Kier molecular flexibility index (Phi) is 6.17. The molecule has 2 aromatic rings. The zero-order chi connectivity index (χ0) is 16.7. The maximum atomic E-state index is 11.9. The van der Waals surface area contributed by atoms with E-state index in [2.05, 4.69) is 31.3 Å². The Morgan fingerprint density at radius 1 is 1.09 bits per heavy atom. The number of halogens is 1. The van der Waals surface area contributed by atoms with Crippen LogP contribution in [-0.4, -0.2) is 25.5 Å². The summed E-state index contributed by atoms with van der Waals surface area (Å²) in [6.45, 7) is 0.497. The van der Waals surface area contributed by atoms with Gasteiger partial charge >= 0.3 is 5.97 Å². The van der Waals surface area contributed by atoms with Crippen molar-refractivity contribution in [1.82, 2.24) is 0 Å². The third-order valence-electron chi connectivity index (χ3n) is 3.10. The number of benzene rings is 2. The molecule has 1 amide bonds. The fourth-order valence-electron chi connectivity index (χ4n) is 1.95. The number of hydrogen-bond acceptors (Lipinski definition) is 4. The van der Waals surface area contributed by atoms with E-state index in [1.165, 1.54) is 7.11 Å². The van der Waals surface area contributed by atoms with Gasteiger partial charge in [-0.25, -0.2) is 4.79 Å². The standard InChI is InChI=1S/C17H17BrN2O3/c1-23-17(22)12-5-7-14(8-6-12)19-10-9-16(21)20-15-4-2-3-13(18)11-15/h2-8,11,19H,9-10H2,1H3,(H,20,21). The Hall–Kier alpha value is -2.34. The maximum absolute atomic E-state index is 11.9. The van der Waals surface area contributed by atoms with Gasteiger partial charge < -0.3 is 15.4 Å². The first kappa shape index (κ1) is 17.0. The van der Waals surface area contributed by atoms with E-state index in [4.69, 9.17) is 0 Å². The van der Waals surface area contributed by atoms with Crippen molar-refractivity contribution in [2.45, 2.75) is 6.42 Å². The highest BCUT2D eigenvalue weighted by atomic mass is 79.9. The van der Waals surface area contributed by atoms with E-state index in [-0.39, 0.29) is 11.9 Å². The van der Waals surface area contributed by atoms with Crippen molar-refractivity contribution in [3.8, 4) is 0 Å². The Bertz CT molecular complexity index is 686. The Morgan fingerprint density at radius 3 is 2.48 bits per heavy atom. The van der Waals surface area contributed by atoms with Gasteiger partial charge in [-0.15, -0.1) is 0 Å². The Labute approximate surface area is 143 Å². The number of carbonyl (C=O) groups is 2. The molecule has 0 aliphatic rings. The summed E-state index contributed by atoms with van der Waals surface area (Å²) in [6, 6.07) is 14.3. The minimum atomic E-state index is -0.370. The second-order valence-corrected chi connectivity index (χ2v) is 5.72. The van der Waals surface area contributed by atoms with Crippen LogP contribution >= 0.6 is 15.9 Å². The monoisotopic (exact) mass is 376 g/mol. The zero-order valence-corrected chi connectivity index (χ0v) is 14.2. The molecule has 0 unspecified atom stereocenters. The first-order chi connectivity index (χ1) is 11.1. The van der Waals surface area contributed by atoms with E-state index in [1.54, 1.807) is 24.3 Å². The van der Waals surface area contributed by atoms with Gasteiger partial charge in [0.25, 0.3) is 0 Å². The van der Waals surface area contributed by atoms with Crippen LogP contribution in [0.15, 0.2) is 53.0 Å². The second-order valence-electron chi connectivity index (χ2n) is 4.80. The number of ether oxygens (including phenoxy) is 1. The third kappa shape index (κ3) is 5.41. The van der Waals surface area contributed by atoms with Gasteiger partial charge in [-0.3, -0.25) is 4.79 Å². The van der Waals surface area contributed by atoms with Crippen LogP contribution in [0.25, 0.3) is 0 Å². The van der Waals surface area contributed by atoms with Gasteiger partial charge in [-0.1, -0.05) is 22.0 Å². The quantitative estimate of drug-likeness (QED) is 0.754. The second kappa shape index (κ2) is 8.33. The summed E-state index contributed by atoms with van der Waals surface area (Å²) < 4.78 is 5.55. The molecule has 6 heteroatoms. The van der Waals surface area contributed by atoms with Gasteiger partial charge in [-0.2, -0.15) is 0 Å². The molecule has 0 aromatic heterocycles. The lowest BCUT2D eigenvalue weighted by molar-refractivity contribution is -0.115. The van der Waals surface area contributed by atoms with E-state index in [1.807, 2.05) is 24.3 Å². The lowest BCUT2D eigenvalue weighted by Crippen LogP contribution is -2.16. The Morgan fingerprint density at radius 2 is 1.83 bits per heavy atom. The summed E-state index contributed by atoms with van der Waals surface area (Å²) in [5, 5.41) is 5.97. The van der Waals surface area contributed by atoms with E-state index < -0.39 is 0 Å². The van der Waals surface area contributed by atoms with Crippen molar-refractivity contribution >= 4 is 39.2 Å². The normalized spacial score (nSPS) is 10.0. The highest BCUT2D eigenvalue weighted by Crippen LogP contribution is 2.16. The van der Waals surface area contributed by atoms with Gasteiger partial charge in [0.2, 0.25) is 5.91 Å². The average molecular weight is 377 g/mol. The van der Waals surface area contributed by atoms with Crippen molar-refractivity contribution in [2.24, 2.45) is 0 Å². The molecule has 2 aromatic carbocycles. The SMILES string of the molecule is COC(=O)c1ccc(NCCC(=O)Nc2cccc(Br)c2)cc1. The minimum absolute atomic E-state index is 0.0678. The molecular weight excluding hydrogens is 360 g/mol. The molecule has 0 heterocycles. The van der Waals surface area contributed by atoms with Crippen LogP contribution in [0.2, 0.25) is 0 Å². The van der Waals surface area contributed by atoms with Crippen LogP contribution in [0.5, 0.6) is 0 Å². The van der Waals surface area contributed by atoms with Crippen LogP contribution in [0, 0.1) is 0 Å². The fourth-order valence-corrected chi connectivity index (χ4v) is 2.35. The van der Waals surface area contributed by atoms with E-state index >= 15 is 0 Å². The molecule has 0 radical (unpaired) electrons. The van der Waals surface area contributed by atoms with Gasteiger partial charge in [-0.05, 0) is 42.5 Å². The summed E-state index contributed by atoms with van der Waals surface area (Å²) >= 11 is 3.36. The Balaban J connectivity index is 1.78. The number of esters is 1. The summed E-state index contributed by atoms with van der Waals surface area (Å²) in [5.41, 5.74) is 2.09. The summed E-state index contributed by atoms with van der Waals surface area (Å²) in [5.74, 6) is -0.438. The highest BCUT2D eigenvalue weighted by molar-refractivity contribution is 9.10. The predicted octanol–water partition coefficient (Wildman–Crippen LogP) is 3.68. The highest BCUT2D eigenvalue weighted by Gasteiger charge is 2.05. The van der Waals surface area contributed by atoms with Crippen LogP contribution in [0.4, 0.5) is 11.4 Å². The molecule has 23 heavy (non-hydrogen) atoms. The number of hydrogen-bond donors (Lipinski definition) is 2. The van der Waals surface area contributed by atoms with Crippen molar-refractivity contribution in [3.63, 3.8) is 0 Å². The fraction of sp³-hybridized carbons (Fsp3) is 0.176. The molecule has 5 nitrogen and oxygen atoms in total. The lowest BCUT2D eigenvalue weighted by Gasteiger charge is -2.08. The summed E-state index contributed by atoms with van der Waals surface area (Å²) in [4.78, 5) is 23.2. The topological polar surface area (TPSA) is 67.4 Å². The van der Waals surface area contributed by atoms with Crippen molar-refractivity contribution in [1.29, 1.82) is 0 Å². The third-order valence-corrected chi connectivity index (χ3v) is 3.59. The number of nitrogens with one attached hydrogen (secondary N) is 2. The van der Waals surface area contributed by atoms with Gasteiger partial charge in [0.05, 0.1) is 12.7 Å². The zero-order valence-electron chi connectivity index (χ0n) is 12.6. The molecule has 0 aliphatic carbocycles. The summed E-state index contributed by atoms with van der Waals surface area (Å²) in [6.07, 6.45) is 0.339. The molecule has 2 rings (SSSR count). The van der Waals surface area contributed by atoms with Crippen molar-refractivity contribution in [3.05, 3.63) is 58.6 Å². The van der Waals surface area contributed by atoms with Gasteiger partial charge in [0, 0.05) is 28.8 Å². The van der Waals surface area contributed by atoms with Crippen LogP contribution in [0.3, 0.4) is 0 Å². The number of carbonyl (C=O) groups excluding carboxylic acids is 2. The van der Waals surface area contributed by atoms with E-state index in [0.29, 0.717) is 18.5 Å². The number of methoxy groups -OCH3 is 1. The maximum Gasteiger partial charge on any atom is 0.337 e. The molecule has 0 aliphatic heterocycles. The van der Waals surface area contributed by atoms with Crippen LogP contribution in [-0.2, 0) is 9.53 Å². The van der Waals surface area contributed by atoms with E-state index in [0.717, 1.165) is 15.8 Å². The molecule has 120 valence electrons. The number of rotatable bonds is 6. The number of amides is 1. The molecule has 0 bridgehead atoms. The predicted molar refractivity (Wildman–Crippen MR) is 93.7 cm³/mol. The van der Waals surface area contributed by atoms with Gasteiger partial charge in [0.15, 0.2) is 0 Å². The molecule has 2 N–H and O–H groups in total. The average Bonchev–Trinajstić information content (AvgIpc) is 2.55. The first-order valence-corrected chi connectivity index (χ1v) is 7.85. The van der Waals surface area contributed by atoms with Crippen LogP contribution < -0.4 is 10.6 Å². The molecular formula is C17H17BrN2O3. The number of anilines is 2. The molecule has 0 atom stereocenters. The van der Waals surface area contributed by atoms with E-state index in [9.17, 15) is 9.59 Å². The minimum Gasteiger partial charge on any atom is -0.465 e.